The first-order chi connectivity index (χ1) is 12.2. The Hall–Kier alpha value is -2.38. The molecule has 2 N–H and O–H groups in total. The molecule has 0 spiro atoms. The van der Waals surface area contributed by atoms with Crippen molar-refractivity contribution in [1.29, 1.82) is 0 Å². The lowest BCUT2D eigenvalue weighted by Gasteiger charge is -2.35. The molecule has 1 atom stereocenters. The predicted molar refractivity (Wildman–Crippen MR) is 97.3 cm³/mol. The number of carbonyl (C=O) groups is 1. The standard InChI is InChI=1S/C17H27N7O/c1-2-6-24-13-14(11-15(24)25)12-21-16(18)22-7-9-23(10-8-22)17-19-4-3-5-20-17/h3-5,14H,2,6-13H2,1H3,(H2,18,21). The predicted octanol–water partition coefficient (Wildman–Crippen LogP) is 0.172. The lowest BCUT2D eigenvalue weighted by molar-refractivity contribution is -0.127. The zero-order valence-electron chi connectivity index (χ0n) is 14.8. The Morgan fingerprint density at radius 1 is 1.28 bits per heavy atom. The van der Waals surface area contributed by atoms with Crippen molar-refractivity contribution in [1.82, 2.24) is 19.8 Å². The summed E-state index contributed by atoms with van der Waals surface area (Å²) in [7, 11) is 0. The smallest absolute Gasteiger partial charge is 0.225 e. The molecule has 0 aliphatic carbocycles. The lowest BCUT2D eigenvalue weighted by Crippen LogP contribution is -2.51. The van der Waals surface area contributed by atoms with E-state index in [4.69, 9.17) is 5.73 Å². The van der Waals surface area contributed by atoms with Gasteiger partial charge in [0.05, 0.1) is 0 Å². The molecule has 0 radical (unpaired) electrons. The number of nitrogens with zero attached hydrogens (tertiary/aromatic N) is 6. The van der Waals surface area contributed by atoms with Crippen LogP contribution >= 0.6 is 0 Å². The Labute approximate surface area is 148 Å². The van der Waals surface area contributed by atoms with Crippen LogP contribution in [0.15, 0.2) is 23.5 Å². The third kappa shape index (κ3) is 4.37. The largest absolute Gasteiger partial charge is 0.370 e. The van der Waals surface area contributed by atoms with Gasteiger partial charge in [0.25, 0.3) is 0 Å². The van der Waals surface area contributed by atoms with E-state index in [1.54, 1.807) is 12.4 Å². The van der Waals surface area contributed by atoms with Gasteiger partial charge in [-0.05, 0) is 12.5 Å². The van der Waals surface area contributed by atoms with Crippen molar-refractivity contribution >= 4 is 17.8 Å². The minimum absolute atomic E-state index is 0.247. The summed E-state index contributed by atoms with van der Waals surface area (Å²) in [5.41, 5.74) is 6.17. The van der Waals surface area contributed by atoms with E-state index in [0.29, 0.717) is 18.9 Å². The van der Waals surface area contributed by atoms with Gasteiger partial charge in [-0.15, -0.1) is 0 Å². The normalized spacial score (nSPS) is 22.0. The minimum atomic E-state index is 0.247. The van der Waals surface area contributed by atoms with Gasteiger partial charge in [0.15, 0.2) is 5.96 Å². The Balaban J connectivity index is 1.47. The van der Waals surface area contributed by atoms with Crippen LogP contribution < -0.4 is 10.6 Å². The van der Waals surface area contributed by atoms with Gasteiger partial charge in [-0.25, -0.2) is 9.97 Å². The van der Waals surface area contributed by atoms with Gasteiger partial charge in [0, 0.05) is 70.5 Å². The fourth-order valence-corrected chi connectivity index (χ4v) is 3.37. The monoisotopic (exact) mass is 345 g/mol. The number of aliphatic imine (C=N–C) groups is 1. The number of amides is 1. The molecule has 136 valence electrons. The zero-order chi connectivity index (χ0) is 17.6. The molecule has 3 rings (SSSR count). The molecule has 1 unspecified atom stereocenters. The van der Waals surface area contributed by atoms with Crippen molar-refractivity contribution in [3.63, 3.8) is 0 Å². The molecule has 0 saturated carbocycles. The molecule has 0 bridgehead atoms. The van der Waals surface area contributed by atoms with E-state index < -0.39 is 0 Å². The highest BCUT2D eigenvalue weighted by Crippen LogP contribution is 2.18. The van der Waals surface area contributed by atoms with Gasteiger partial charge < -0.3 is 20.4 Å². The third-order valence-electron chi connectivity index (χ3n) is 4.74. The molecular weight excluding hydrogens is 318 g/mol. The van der Waals surface area contributed by atoms with E-state index in [0.717, 1.165) is 51.6 Å². The number of nitrogens with two attached hydrogens (primary N) is 1. The van der Waals surface area contributed by atoms with Crippen LogP contribution in [0.4, 0.5) is 5.95 Å². The van der Waals surface area contributed by atoms with Crippen molar-refractivity contribution in [3.05, 3.63) is 18.5 Å². The number of rotatable bonds is 5. The summed E-state index contributed by atoms with van der Waals surface area (Å²) >= 11 is 0. The first kappa shape index (κ1) is 17.4. The number of aromatic nitrogens is 2. The van der Waals surface area contributed by atoms with Crippen LogP contribution in [-0.4, -0.2) is 77.4 Å². The minimum Gasteiger partial charge on any atom is -0.370 e. The van der Waals surface area contributed by atoms with Crippen LogP contribution in [0.2, 0.25) is 0 Å². The van der Waals surface area contributed by atoms with E-state index in [2.05, 4.69) is 31.7 Å². The molecule has 8 heteroatoms. The summed E-state index contributed by atoms with van der Waals surface area (Å²) < 4.78 is 0. The van der Waals surface area contributed by atoms with E-state index in [9.17, 15) is 4.79 Å². The van der Waals surface area contributed by atoms with Crippen LogP contribution in [-0.2, 0) is 4.79 Å². The highest BCUT2D eigenvalue weighted by atomic mass is 16.2. The van der Waals surface area contributed by atoms with Crippen molar-refractivity contribution in [2.24, 2.45) is 16.6 Å². The first-order valence-electron chi connectivity index (χ1n) is 9.02. The molecule has 2 fully saturated rings. The van der Waals surface area contributed by atoms with Gasteiger partial charge in [0.1, 0.15) is 0 Å². The van der Waals surface area contributed by atoms with Gasteiger partial charge in [-0.1, -0.05) is 6.92 Å². The van der Waals surface area contributed by atoms with Crippen LogP contribution in [0.25, 0.3) is 0 Å². The van der Waals surface area contributed by atoms with E-state index in [-0.39, 0.29) is 11.8 Å². The number of carbonyl (C=O) groups excluding carboxylic acids is 1. The summed E-state index contributed by atoms with van der Waals surface area (Å²) in [6, 6.07) is 1.82. The van der Waals surface area contributed by atoms with Crippen LogP contribution in [0.5, 0.6) is 0 Å². The maximum atomic E-state index is 11.9. The van der Waals surface area contributed by atoms with Gasteiger partial charge in [-0.3, -0.25) is 9.79 Å². The highest BCUT2D eigenvalue weighted by molar-refractivity contribution is 5.79. The fourth-order valence-electron chi connectivity index (χ4n) is 3.37. The molecule has 8 nitrogen and oxygen atoms in total. The van der Waals surface area contributed by atoms with Crippen LogP contribution in [0.3, 0.4) is 0 Å². The van der Waals surface area contributed by atoms with Crippen molar-refractivity contribution < 1.29 is 4.79 Å². The molecule has 1 aromatic heterocycles. The average molecular weight is 345 g/mol. The maximum Gasteiger partial charge on any atom is 0.225 e. The highest BCUT2D eigenvalue weighted by Gasteiger charge is 2.29. The quantitative estimate of drug-likeness (QED) is 0.604. The number of guanidine groups is 1. The van der Waals surface area contributed by atoms with Gasteiger partial charge in [-0.2, -0.15) is 0 Å². The van der Waals surface area contributed by atoms with Crippen LogP contribution in [0.1, 0.15) is 19.8 Å². The fraction of sp³-hybridized carbons (Fsp3) is 0.647. The Morgan fingerprint density at radius 3 is 2.68 bits per heavy atom. The van der Waals surface area contributed by atoms with Crippen LogP contribution in [0, 0.1) is 5.92 Å². The van der Waals surface area contributed by atoms with Gasteiger partial charge >= 0.3 is 0 Å². The van der Waals surface area contributed by atoms with E-state index >= 15 is 0 Å². The van der Waals surface area contributed by atoms with Crippen molar-refractivity contribution in [3.8, 4) is 0 Å². The SMILES string of the molecule is CCCN1CC(CN=C(N)N2CCN(c3ncccn3)CC2)CC1=O. The van der Waals surface area contributed by atoms with E-state index in [1.165, 1.54) is 0 Å². The second-order valence-corrected chi connectivity index (χ2v) is 6.63. The summed E-state index contributed by atoms with van der Waals surface area (Å²) in [4.78, 5) is 31.2. The molecule has 2 saturated heterocycles. The summed E-state index contributed by atoms with van der Waals surface area (Å²) in [5.74, 6) is 1.88. The molecule has 2 aliphatic rings. The number of likely N-dealkylation sites (tertiary alicyclic amines) is 1. The Bertz CT molecular complexity index is 598. The van der Waals surface area contributed by atoms with Crippen molar-refractivity contribution in [2.45, 2.75) is 19.8 Å². The molecule has 1 amide bonds. The number of piperazine rings is 1. The maximum absolute atomic E-state index is 11.9. The Kier molecular flexibility index (Phi) is 5.67. The first-order valence-corrected chi connectivity index (χ1v) is 9.02. The lowest BCUT2D eigenvalue weighted by atomic mass is 10.1. The third-order valence-corrected chi connectivity index (χ3v) is 4.74. The molecule has 2 aliphatic heterocycles. The molecular formula is C17H27N7O. The number of anilines is 1. The summed E-state index contributed by atoms with van der Waals surface area (Å²) in [5, 5.41) is 0. The number of hydrogen-bond donors (Lipinski definition) is 1. The topological polar surface area (TPSA) is 90.9 Å². The second kappa shape index (κ2) is 8.13. The summed E-state index contributed by atoms with van der Waals surface area (Å²) in [6.45, 7) is 7.63. The summed E-state index contributed by atoms with van der Waals surface area (Å²) in [6.07, 6.45) is 5.11. The Morgan fingerprint density at radius 2 is 2.00 bits per heavy atom. The molecule has 0 aromatic carbocycles. The molecule has 3 heterocycles. The average Bonchev–Trinajstić information content (AvgIpc) is 3.00. The van der Waals surface area contributed by atoms with E-state index in [1.807, 2.05) is 11.0 Å². The molecule has 25 heavy (non-hydrogen) atoms. The molecule has 1 aromatic rings. The zero-order valence-corrected chi connectivity index (χ0v) is 14.8. The van der Waals surface area contributed by atoms with Crippen molar-refractivity contribution in [2.75, 3.05) is 50.7 Å². The second-order valence-electron chi connectivity index (χ2n) is 6.63. The number of hydrogen-bond acceptors (Lipinski definition) is 5. The van der Waals surface area contributed by atoms with Gasteiger partial charge in [0.2, 0.25) is 11.9 Å².